The number of para-hydroxylation sites is 1. The van der Waals surface area contributed by atoms with Crippen molar-refractivity contribution >= 4 is 21.9 Å². The van der Waals surface area contributed by atoms with Crippen LogP contribution in [0.2, 0.25) is 0 Å². The molecular formula is C32H28N4. The molecule has 0 spiro atoms. The summed E-state index contributed by atoms with van der Waals surface area (Å²) in [5.41, 5.74) is 9.37. The number of fused-ring (bicyclic) bond motifs is 2. The van der Waals surface area contributed by atoms with Crippen LogP contribution < -0.4 is 0 Å². The highest BCUT2D eigenvalue weighted by molar-refractivity contribution is 5.90. The second-order valence-electron chi connectivity index (χ2n) is 9.89. The average molecular weight is 469 g/mol. The molecular weight excluding hydrogens is 440 g/mol. The molecule has 0 atom stereocenters. The van der Waals surface area contributed by atoms with Crippen molar-refractivity contribution in [2.24, 2.45) is 0 Å². The molecule has 0 saturated heterocycles. The molecule has 176 valence electrons. The Morgan fingerprint density at radius 2 is 1.58 bits per heavy atom. The Bertz CT molecular complexity index is 1680. The van der Waals surface area contributed by atoms with Gasteiger partial charge in [0.15, 0.2) is 0 Å². The van der Waals surface area contributed by atoms with Crippen LogP contribution in [-0.2, 0) is 0 Å². The van der Waals surface area contributed by atoms with Crippen molar-refractivity contribution in [1.82, 2.24) is 19.1 Å². The Labute approximate surface area is 210 Å². The lowest BCUT2D eigenvalue weighted by atomic mass is 9.83. The molecule has 4 heteroatoms. The van der Waals surface area contributed by atoms with Crippen LogP contribution in [0, 0.1) is 0 Å². The first-order chi connectivity index (χ1) is 17.8. The van der Waals surface area contributed by atoms with Gasteiger partial charge in [0.2, 0.25) is 0 Å². The SMILES string of the molecule is c1cc(-c2cccc(-n3cnc4cccc(-n5ccc6ccncc65)c43)c2)cc(C2CCCCC2)c1. The molecule has 4 nitrogen and oxygen atoms in total. The normalized spacial score (nSPS) is 14.6. The van der Waals surface area contributed by atoms with Gasteiger partial charge >= 0.3 is 0 Å². The van der Waals surface area contributed by atoms with E-state index in [1.807, 2.05) is 24.8 Å². The van der Waals surface area contributed by atoms with Crippen LogP contribution in [0.4, 0.5) is 0 Å². The van der Waals surface area contributed by atoms with E-state index < -0.39 is 0 Å². The molecule has 1 aliphatic rings. The van der Waals surface area contributed by atoms with Gasteiger partial charge in [-0.2, -0.15) is 0 Å². The molecule has 1 saturated carbocycles. The highest BCUT2D eigenvalue weighted by Gasteiger charge is 2.17. The highest BCUT2D eigenvalue weighted by atomic mass is 15.1. The molecule has 0 aliphatic heterocycles. The van der Waals surface area contributed by atoms with E-state index in [9.17, 15) is 0 Å². The van der Waals surface area contributed by atoms with Crippen molar-refractivity contribution in [2.45, 2.75) is 38.0 Å². The third kappa shape index (κ3) is 3.61. The van der Waals surface area contributed by atoms with E-state index in [1.165, 1.54) is 54.2 Å². The smallest absolute Gasteiger partial charge is 0.100 e. The van der Waals surface area contributed by atoms with E-state index in [-0.39, 0.29) is 0 Å². The molecule has 0 unspecified atom stereocenters. The molecule has 0 N–H and O–H groups in total. The molecule has 7 rings (SSSR count). The number of hydrogen-bond acceptors (Lipinski definition) is 2. The lowest BCUT2D eigenvalue weighted by Crippen LogP contribution is -2.04. The topological polar surface area (TPSA) is 35.6 Å². The van der Waals surface area contributed by atoms with Crippen molar-refractivity contribution in [3.63, 3.8) is 0 Å². The maximum atomic E-state index is 4.76. The zero-order chi connectivity index (χ0) is 23.9. The van der Waals surface area contributed by atoms with Crippen LogP contribution in [0.5, 0.6) is 0 Å². The van der Waals surface area contributed by atoms with Gasteiger partial charge in [0.05, 0.1) is 28.4 Å². The number of hydrogen-bond donors (Lipinski definition) is 0. The Morgan fingerprint density at radius 1 is 0.750 bits per heavy atom. The zero-order valence-corrected chi connectivity index (χ0v) is 20.2. The summed E-state index contributed by atoms with van der Waals surface area (Å²) in [7, 11) is 0. The number of aromatic nitrogens is 4. The van der Waals surface area contributed by atoms with Crippen molar-refractivity contribution in [2.75, 3.05) is 0 Å². The molecule has 3 aromatic carbocycles. The Kier molecular flexibility index (Phi) is 5.16. The fourth-order valence-electron chi connectivity index (χ4n) is 5.87. The van der Waals surface area contributed by atoms with E-state index in [4.69, 9.17) is 4.98 Å². The summed E-state index contributed by atoms with van der Waals surface area (Å²) in [6, 6.07) is 28.5. The molecule has 3 heterocycles. The minimum Gasteiger partial charge on any atom is -0.313 e. The van der Waals surface area contributed by atoms with Crippen LogP contribution in [0.1, 0.15) is 43.6 Å². The van der Waals surface area contributed by atoms with Crippen LogP contribution in [0.25, 0.3) is 44.4 Å². The van der Waals surface area contributed by atoms with E-state index in [0.717, 1.165) is 27.9 Å². The van der Waals surface area contributed by atoms with Crippen LogP contribution in [-0.4, -0.2) is 19.1 Å². The van der Waals surface area contributed by atoms with E-state index in [2.05, 4.69) is 93.1 Å². The third-order valence-electron chi connectivity index (χ3n) is 7.72. The molecule has 0 radical (unpaired) electrons. The van der Waals surface area contributed by atoms with Gasteiger partial charge in [-0.15, -0.1) is 0 Å². The van der Waals surface area contributed by atoms with Crippen LogP contribution >= 0.6 is 0 Å². The number of pyridine rings is 1. The molecule has 36 heavy (non-hydrogen) atoms. The summed E-state index contributed by atoms with van der Waals surface area (Å²) in [6.07, 6.45) is 14.5. The quantitative estimate of drug-likeness (QED) is 0.262. The van der Waals surface area contributed by atoms with Crippen LogP contribution in [0.15, 0.2) is 104 Å². The second kappa shape index (κ2) is 8.80. The summed E-state index contributed by atoms with van der Waals surface area (Å²) in [6.45, 7) is 0. The lowest BCUT2D eigenvalue weighted by molar-refractivity contribution is 0.444. The van der Waals surface area contributed by atoms with Gasteiger partial charge in [0.1, 0.15) is 6.33 Å². The predicted octanol–water partition coefficient (Wildman–Crippen LogP) is 8.08. The van der Waals surface area contributed by atoms with Gasteiger partial charge in [-0.05, 0) is 71.8 Å². The van der Waals surface area contributed by atoms with Gasteiger partial charge in [-0.25, -0.2) is 4.98 Å². The van der Waals surface area contributed by atoms with Gasteiger partial charge in [0.25, 0.3) is 0 Å². The fraction of sp³-hybridized carbons (Fsp3) is 0.188. The minimum absolute atomic E-state index is 0.702. The van der Waals surface area contributed by atoms with E-state index in [0.29, 0.717) is 5.92 Å². The molecule has 1 aliphatic carbocycles. The number of rotatable bonds is 4. The van der Waals surface area contributed by atoms with Crippen molar-refractivity contribution in [1.29, 1.82) is 0 Å². The monoisotopic (exact) mass is 468 g/mol. The molecule has 1 fully saturated rings. The first-order valence-electron chi connectivity index (χ1n) is 12.9. The van der Waals surface area contributed by atoms with Gasteiger partial charge < -0.3 is 4.57 Å². The first-order valence-corrected chi connectivity index (χ1v) is 12.9. The molecule has 3 aromatic heterocycles. The minimum atomic E-state index is 0.702. The lowest BCUT2D eigenvalue weighted by Gasteiger charge is -2.22. The molecule has 0 bridgehead atoms. The maximum absolute atomic E-state index is 4.76. The summed E-state index contributed by atoms with van der Waals surface area (Å²) in [4.78, 5) is 9.12. The predicted molar refractivity (Wildman–Crippen MR) is 147 cm³/mol. The fourth-order valence-corrected chi connectivity index (χ4v) is 5.87. The Balaban J connectivity index is 1.33. The molecule has 0 amide bonds. The van der Waals surface area contributed by atoms with Crippen molar-refractivity contribution in [3.05, 3.63) is 109 Å². The average Bonchev–Trinajstić information content (AvgIpc) is 3.59. The Morgan fingerprint density at radius 3 is 2.50 bits per heavy atom. The van der Waals surface area contributed by atoms with Gasteiger partial charge in [0, 0.05) is 23.5 Å². The highest BCUT2D eigenvalue weighted by Crippen LogP contribution is 2.35. The zero-order valence-electron chi connectivity index (χ0n) is 20.2. The van der Waals surface area contributed by atoms with Gasteiger partial charge in [-0.1, -0.05) is 61.7 Å². The van der Waals surface area contributed by atoms with Crippen molar-refractivity contribution in [3.8, 4) is 22.5 Å². The van der Waals surface area contributed by atoms with E-state index >= 15 is 0 Å². The van der Waals surface area contributed by atoms with Crippen molar-refractivity contribution < 1.29 is 0 Å². The number of nitrogens with zero attached hydrogens (tertiary/aromatic N) is 4. The van der Waals surface area contributed by atoms with Crippen LogP contribution in [0.3, 0.4) is 0 Å². The summed E-state index contributed by atoms with van der Waals surface area (Å²) in [5, 5.41) is 1.17. The summed E-state index contributed by atoms with van der Waals surface area (Å²) in [5.74, 6) is 0.702. The number of benzene rings is 3. The first kappa shape index (κ1) is 21.1. The Hall–Kier alpha value is -4.18. The largest absolute Gasteiger partial charge is 0.313 e. The number of imidazole rings is 1. The third-order valence-corrected chi connectivity index (χ3v) is 7.72. The second-order valence-corrected chi connectivity index (χ2v) is 9.89. The summed E-state index contributed by atoms with van der Waals surface area (Å²) >= 11 is 0. The van der Waals surface area contributed by atoms with Gasteiger partial charge in [-0.3, -0.25) is 9.55 Å². The standard InChI is InChI=1S/C32H28N4/c1-2-7-23(8-3-1)25-9-4-10-26(19-25)27-11-5-12-28(20-27)36-22-34-29-13-6-14-30(32(29)36)35-18-16-24-15-17-33-21-31(24)35/h4-6,9-23H,1-3,7-8H2. The van der Waals surface area contributed by atoms with E-state index in [1.54, 1.807) is 0 Å². The maximum Gasteiger partial charge on any atom is 0.100 e. The summed E-state index contributed by atoms with van der Waals surface area (Å²) < 4.78 is 4.42. The molecule has 6 aromatic rings.